The highest BCUT2D eigenvalue weighted by molar-refractivity contribution is 5.91. The quantitative estimate of drug-likeness (QED) is 0.682. The summed E-state index contributed by atoms with van der Waals surface area (Å²) in [5.41, 5.74) is 3.00. The Morgan fingerprint density at radius 2 is 2.00 bits per heavy atom. The number of carbonyl (C=O) groups is 1. The van der Waals surface area contributed by atoms with Crippen LogP contribution < -0.4 is 4.74 Å². The molecule has 0 unspecified atom stereocenters. The SMILES string of the molecule is CCc1cc(C(=O)N2CCC(c3cc4cc(OC)c(C)cc4cn3)CC2)on1. The number of ether oxygens (including phenoxy) is 1. The number of nitrogens with zero attached hydrogens (tertiary/aromatic N) is 3. The van der Waals surface area contributed by atoms with Crippen LogP contribution in [0, 0.1) is 6.92 Å². The molecule has 0 atom stereocenters. The van der Waals surface area contributed by atoms with E-state index in [-0.39, 0.29) is 5.91 Å². The topological polar surface area (TPSA) is 68.5 Å². The minimum absolute atomic E-state index is 0.0719. The van der Waals surface area contributed by atoms with Crippen molar-refractivity contribution in [2.75, 3.05) is 20.2 Å². The van der Waals surface area contributed by atoms with Crippen molar-refractivity contribution in [3.05, 3.63) is 53.2 Å². The zero-order chi connectivity index (χ0) is 19.7. The number of rotatable bonds is 4. The van der Waals surface area contributed by atoms with E-state index in [1.54, 1.807) is 13.2 Å². The fraction of sp³-hybridized carbons (Fsp3) is 0.409. The van der Waals surface area contributed by atoms with Gasteiger partial charge >= 0.3 is 0 Å². The fourth-order valence-corrected chi connectivity index (χ4v) is 3.86. The number of hydrogen-bond donors (Lipinski definition) is 0. The number of aromatic nitrogens is 2. The average molecular weight is 379 g/mol. The minimum Gasteiger partial charge on any atom is -0.496 e. The lowest BCUT2D eigenvalue weighted by Crippen LogP contribution is -2.37. The third-order valence-electron chi connectivity index (χ3n) is 5.59. The number of hydrogen-bond acceptors (Lipinski definition) is 5. The van der Waals surface area contributed by atoms with Gasteiger partial charge in [0.15, 0.2) is 0 Å². The number of benzene rings is 1. The Morgan fingerprint density at radius 1 is 1.21 bits per heavy atom. The summed E-state index contributed by atoms with van der Waals surface area (Å²) < 4.78 is 10.6. The smallest absolute Gasteiger partial charge is 0.292 e. The molecule has 0 spiro atoms. The lowest BCUT2D eigenvalue weighted by molar-refractivity contribution is 0.0670. The molecular weight excluding hydrogens is 354 g/mol. The van der Waals surface area contributed by atoms with Gasteiger partial charge in [0.05, 0.1) is 12.8 Å². The molecule has 1 fully saturated rings. The van der Waals surface area contributed by atoms with Gasteiger partial charge in [0.2, 0.25) is 5.76 Å². The Bertz CT molecular complexity index is 1000. The zero-order valence-corrected chi connectivity index (χ0v) is 16.6. The Kier molecular flexibility index (Phi) is 5.03. The first kappa shape index (κ1) is 18.5. The van der Waals surface area contributed by atoms with Gasteiger partial charge in [-0.2, -0.15) is 0 Å². The van der Waals surface area contributed by atoms with Crippen LogP contribution in [0.4, 0.5) is 0 Å². The van der Waals surface area contributed by atoms with E-state index in [2.05, 4.69) is 23.4 Å². The summed E-state index contributed by atoms with van der Waals surface area (Å²) in [4.78, 5) is 19.2. The summed E-state index contributed by atoms with van der Waals surface area (Å²) in [6, 6.07) is 8.08. The maximum atomic E-state index is 12.6. The summed E-state index contributed by atoms with van der Waals surface area (Å²) in [6.07, 6.45) is 4.48. The molecule has 0 aliphatic carbocycles. The standard InChI is InChI=1S/C22H25N3O3/c1-4-18-12-21(28-24-18)22(26)25-7-5-15(6-8-25)19-10-16-11-20(27-3)14(2)9-17(16)13-23-19/h9-13,15H,4-8H2,1-3H3. The summed E-state index contributed by atoms with van der Waals surface area (Å²) >= 11 is 0. The predicted molar refractivity (Wildman–Crippen MR) is 107 cm³/mol. The number of aryl methyl sites for hydroxylation is 2. The molecule has 1 amide bonds. The van der Waals surface area contributed by atoms with Crippen LogP contribution in [-0.4, -0.2) is 41.1 Å². The van der Waals surface area contributed by atoms with Gasteiger partial charge in [-0.3, -0.25) is 9.78 Å². The van der Waals surface area contributed by atoms with Crippen LogP contribution in [0.1, 0.15) is 53.2 Å². The summed E-state index contributed by atoms with van der Waals surface area (Å²) in [5, 5.41) is 6.18. The van der Waals surface area contributed by atoms with Crippen molar-refractivity contribution in [3.8, 4) is 5.75 Å². The van der Waals surface area contributed by atoms with Gasteiger partial charge in [-0.1, -0.05) is 12.1 Å². The molecule has 1 saturated heterocycles. The Hall–Kier alpha value is -2.89. The van der Waals surface area contributed by atoms with Crippen molar-refractivity contribution >= 4 is 16.7 Å². The monoisotopic (exact) mass is 379 g/mol. The maximum Gasteiger partial charge on any atom is 0.292 e. The number of fused-ring (bicyclic) bond motifs is 1. The van der Waals surface area contributed by atoms with Crippen molar-refractivity contribution in [2.45, 2.75) is 39.0 Å². The van der Waals surface area contributed by atoms with Crippen LogP contribution in [0.2, 0.25) is 0 Å². The first-order valence-corrected chi connectivity index (χ1v) is 9.78. The van der Waals surface area contributed by atoms with E-state index in [1.165, 1.54) is 0 Å². The van der Waals surface area contributed by atoms with Crippen molar-refractivity contribution < 1.29 is 14.1 Å². The predicted octanol–water partition coefficient (Wildman–Crippen LogP) is 4.12. The van der Waals surface area contributed by atoms with E-state index in [9.17, 15) is 4.79 Å². The van der Waals surface area contributed by atoms with Crippen LogP contribution in [0.5, 0.6) is 5.75 Å². The van der Waals surface area contributed by atoms with Gasteiger partial charge in [-0.15, -0.1) is 0 Å². The molecule has 1 aliphatic rings. The molecule has 146 valence electrons. The number of amides is 1. The van der Waals surface area contributed by atoms with E-state index in [1.807, 2.05) is 24.9 Å². The first-order valence-electron chi connectivity index (χ1n) is 9.78. The van der Waals surface area contributed by atoms with E-state index < -0.39 is 0 Å². The second-order valence-corrected chi connectivity index (χ2v) is 7.38. The van der Waals surface area contributed by atoms with Gasteiger partial charge in [0.25, 0.3) is 5.91 Å². The molecule has 6 heteroatoms. The lowest BCUT2D eigenvalue weighted by Gasteiger charge is -2.31. The number of likely N-dealkylation sites (tertiary alicyclic amines) is 1. The molecule has 0 N–H and O–H groups in total. The van der Waals surface area contributed by atoms with Crippen LogP contribution >= 0.6 is 0 Å². The van der Waals surface area contributed by atoms with Crippen LogP contribution in [0.15, 0.2) is 35.0 Å². The molecule has 6 nitrogen and oxygen atoms in total. The summed E-state index contributed by atoms with van der Waals surface area (Å²) in [5.74, 6) is 1.50. The van der Waals surface area contributed by atoms with Crippen molar-refractivity contribution in [3.63, 3.8) is 0 Å². The fourth-order valence-electron chi connectivity index (χ4n) is 3.86. The number of pyridine rings is 1. The van der Waals surface area contributed by atoms with Crippen LogP contribution in [0.3, 0.4) is 0 Å². The summed E-state index contributed by atoms with van der Waals surface area (Å²) in [6.45, 7) is 5.42. The van der Waals surface area contributed by atoms with Crippen molar-refractivity contribution in [1.82, 2.24) is 15.0 Å². The highest BCUT2D eigenvalue weighted by Crippen LogP contribution is 2.31. The second-order valence-electron chi connectivity index (χ2n) is 7.38. The molecule has 3 heterocycles. The maximum absolute atomic E-state index is 12.6. The number of methoxy groups -OCH3 is 1. The van der Waals surface area contributed by atoms with E-state index in [4.69, 9.17) is 14.2 Å². The van der Waals surface area contributed by atoms with Crippen molar-refractivity contribution in [2.24, 2.45) is 0 Å². The highest BCUT2D eigenvalue weighted by atomic mass is 16.5. The molecule has 0 radical (unpaired) electrons. The van der Waals surface area contributed by atoms with Gasteiger partial charge in [0, 0.05) is 42.4 Å². The molecule has 2 aromatic heterocycles. The largest absolute Gasteiger partial charge is 0.496 e. The molecule has 1 aromatic carbocycles. The third kappa shape index (κ3) is 3.46. The highest BCUT2D eigenvalue weighted by Gasteiger charge is 2.27. The normalized spacial score (nSPS) is 15.2. The molecule has 1 aliphatic heterocycles. The van der Waals surface area contributed by atoms with E-state index >= 15 is 0 Å². The average Bonchev–Trinajstić information content (AvgIpc) is 3.22. The number of carbonyl (C=O) groups excluding carboxylic acids is 1. The lowest BCUT2D eigenvalue weighted by atomic mass is 9.92. The van der Waals surface area contributed by atoms with E-state index in [0.717, 1.165) is 52.7 Å². The Balaban J connectivity index is 1.47. The Morgan fingerprint density at radius 3 is 2.68 bits per heavy atom. The zero-order valence-electron chi connectivity index (χ0n) is 16.6. The van der Waals surface area contributed by atoms with Gasteiger partial charge in [-0.25, -0.2) is 0 Å². The molecule has 0 bridgehead atoms. The third-order valence-corrected chi connectivity index (χ3v) is 5.59. The van der Waals surface area contributed by atoms with Crippen LogP contribution in [-0.2, 0) is 6.42 Å². The molecule has 3 aromatic rings. The first-order chi connectivity index (χ1) is 13.6. The van der Waals surface area contributed by atoms with Gasteiger partial charge < -0.3 is 14.2 Å². The minimum atomic E-state index is -0.0719. The molecule has 0 saturated carbocycles. The summed E-state index contributed by atoms with van der Waals surface area (Å²) in [7, 11) is 1.70. The van der Waals surface area contributed by atoms with Crippen LogP contribution in [0.25, 0.3) is 10.8 Å². The van der Waals surface area contributed by atoms with E-state index in [0.29, 0.717) is 24.8 Å². The molecule has 4 rings (SSSR count). The Labute approximate surface area is 164 Å². The van der Waals surface area contributed by atoms with Crippen molar-refractivity contribution in [1.29, 1.82) is 0 Å². The van der Waals surface area contributed by atoms with Gasteiger partial charge in [-0.05, 0) is 55.3 Å². The number of piperidine rings is 1. The molecule has 28 heavy (non-hydrogen) atoms. The second kappa shape index (κ2) is 7.62. The molecular formula is C22H25N3O3. The van der Waals surface area contributed by atoms with Gasteiger partial charge in [0.1, 0.15) is 5.75 Å².